The molecule has 1 fully saturated rings. The number of likely N-dealkylation sites (tertiary alicyclic amines) is 1. The zero-order valence-electron chi connectivity index (χ0n) is 21.2. The Morgan fingerprint density at radius 1 is 1.17 bits per heavy atom. The van der Waals surface area contributed by atoms with E-state index < -0.39 is 72.4 Å². The monoisotopic (exact) mass is 586 g/mol. The smallest absolute Gasteiger partial charge is 0.390 e. The molecule has 9 nitrogen and oxygen atoms in total. The maximum absolute atomic E-state index is 15.5. The average molecular weight is 586 g/mol. The van der Waals surface area contributed by atoms with Gasteiger partial charge in [0, 0.05) is 36.1 Å². The Morgan fingerprint density at radius 3 is 2.51 bits per heavy atom. The molecule has 3 aromatic rings. The molecule has 1 atom stereocenters. The lowest BCUT2D eigenvalue weighted by molar-refractivity contribution is -0.145. The number of benzene rings is 1. The van der Waals surface area contributed by atoms with Gasteiger partial charge >= 0.3 is 6.18 Å². The molecule has 0 bridgehead atoms. The van der Waals surface area contributed by atoms with Crippen molar-refractivity contribution in [3.63, 3.8) is 0 Å². The van der Waals surface area contributed by atoms with Gasteiger partial charge in [0.25, 0.3) is 11.8 Å². The average Bonchev–Trinajstić information content (AvgIpc) is 2.91. The molecule has 1 saturated heterocycles. The lowest BCUT2D eigenvalue weighted by Crippen LogP contribution is -2.50. The Balaban J connectivity index is 1.58. The number of carbonyl (C=O) groups excluding carboxylic acids is 1. The number of aromatic nitrogens is 4. The van der Waals surface area contributed by atoms with Crippen molar-refractivity contribution >= 4 is 11.6 Å². The molecule has 41 heavy (non-hydrogen) atoms. The van der Waals surface area contributed by atoms with Crippen molar-refractivity contribution in [2.24, 2.45) is 5.16 Å². The van der Waals surface area contributed by atoms with Gasteiger partial charge in [0.2, 0.25) is 11.7 Å². The van der Waals surface area contributed by atoms with Crippen LogP contribution < -0.4 is 4.84 Å². The number of nitrogens with zero attached hydrogens (tertiary/aromatic N) is 6. The van der Waals surface area contributed by atoms with Crippen LogP contribution in [0.15, 0.2) is 41.8 Å². The standard InChI is InChI=1S/C25H21F7N6O3/c1-13-34-10-15(19(11-39)37-41-20-5-7-33-23(36-20)25(30,31)32)22(35-13)16-6-8-38(12-24(16,28)29)21(40)9-14-17(26)3-2-4-18(14)27/h2-5,7,10,16,39H,6,8-9,11-12H2,1H3/b37-19+. The van der Waals surface area contributed by atoms with Gasteiger partial charge in [0.1, 0.15) is 23.2 Å². The number of rotatable bonds is 7. The van der Waals surface area contributed by atoms with Gasteiger partial charge in [-0.2, -0.15) is 18.2 Å². The van der Waals surface area contributed by atoms with Crippen molar-refractivity contribution in [2.45, 2.75) is 37.8 Å². The van der Waals surface area contributed by atoms with Crippen LogP contribution >= 0.6 is 0 Å². The maximum atomic E-state index is 15.5. The number of halogens is 7. The van der Waals surface area contributed by atoms with E-state index in [1.165, 1.54) is 6.92 Å². The molecule has 0 saturated carbocycles. The van der Waals surface area contributed by atoms with Crippen molar-refractivity contribution in [3.8, 4) is 5.88 Å². The van der Waals surface area contributed by atoms with Crippen LogP contribution in [0.1, 0.15) is 40.8 Å². The van der Waals surface area contributed by atoms with E-state index >= 15 is 8.78 Å². The molecule has 1 aliphatic rings. The maximum Gasteiger partial charge on any atom is 0.451 e. The molecule has 1 unspecified atom stereocenters. The zero-order chi connectivity index (χ0) is 29.9. The van der Waals surface area contributed by atoms with Crippen molar-refractivity contribution < 1.29 is 45.5 Å². The SMILES string of the molecule is Cc1ncc(/C(CO)=N/Oc2ccnc(C(F)(F)F)n2)c(C2CCN(C(=O)Cc3c(F)cccc3F)CC2(F)F)n1. The third kappa shape index (κ3) is 6.75. The van der Waals surface area contributed by atoms with Crippen LogP contribution in [0.25, 0.3) is 0 Å². The predicted octanol–water partition coefficient (Wildman–Crippen LogP) is 3.84. The molecule has 2 aromatic heterocycles. The van der Waals surface area contributed by atoms with E-state index in [0.717, 1.165) is 41.6 Å². The fraction of sp³-hybridized carbons (Fsp3) is 0.360. The normalized spacial score (nSPS) is 17.4. The number of oxime groups is 1. The highest BCUT2D eigenvalue weighted by atomic mass is 19.4. The van der Waals surface area contributed by atoms with E-state index in [4.69, 9.17) is 4.84 Å². The number of aliphatic hydroxyl groups is 1. The van der Waals surface area contributed by atoms with Crippen molar-refractivity contribution in [1.82, 2.24) is 24.8 Å². The van der Waals surface area contributed by atoms with E-state index in [0.29, 0.717) is 0 Å². The summed E-state index contributed by atoms with van der Waals surface area (Å²) in [4.78, 5) is 32.7. The second kappa shape index (κ2) is 11.7. The Labute approximate surface area is 227 Å². The minimum absolute atomic E-state index is 0.0944. The molecular formula is C25H21F7N6O3. The van der Waals surface area contributed by atoms with Gasteiger partial charge in [-0.25, -0.2) is 32.5 Å². The Bertz CT molecular complexity index is 1450. The number of carbonyl (C=O) groups is 1. The lowest BCUT2D eigenvalue weighted by Gasteiger charge is -2.38. The topological polar surface area (TPSA) is 114 Å². The van der Waals surface area contributed by atoms with Crippen molar-refractivity contribution in [1.29, 1.82) is 0 Å². The first kappa shape index (κ1) is 29.8. The van der Waals surface area contributed by atoms with E-state index in [1.54, 1.807) is 0 Å². The molecule has 1 N–H and O–H groups in total. The summed E-state index contributed by atoms with van der Waals surface area (Å²) in [7, 11) is 0. The number of hydrogen-bond acceptors (Lipinski definition) is 8. The minimum Gasteiger partial charge on any atom is -0.390 e. The fourth-order valence-electron chi connectivity index (χ4n) is 4.22. The van der Waals surface area contributed by atoms with Gasteiger partial charge < -0.3 is 14.8 Å². The van der Waals surface area contributed by atoms with Gasteiger partial charge in [0.15, 0.2) is 0 Å². The van der Waals surface area contributed by atoms with Crippen LogP contribution in [0.3, 0.4) is 0 Å². The molecule has 1 aliphatic heterocycles. The van der Waals surface area contributed by atoms with Crippen molar-refractivity contribution in [2.75, 3.05) is 19.7 Å². The summed E-state index contributed by atoms with van der Waals surface area (Å²) in [5.41, 5.74) is -1.33. The highest BCUT2D eigenvalue weighted by Gasteiger charge is 2.48. The first-order chi connectivity index (χ1) is 19.3. The Kier molecular flexibility index (Phi) is 8.51. The molecule has 218 valence electrons. The van der Waals surface area contributed by atoms with Gasteiger partial charge in [-0.05, 0) is 25.5 Å². The second-order valence-corrected chi connectivity index (χ2v) is 9.01. The third-order valence-electron chi connectivity index (χ3n) is 6.20. The van der Waals surface area contributed by atoms with Crippen LogP contribution in [0.2, 0.25) is 0 Å². The third-order valence-corrected chi connectivity index (χ3v) is 6.20. The number of hydrogen-bond donors (Lipinski definition) is 1. The van der Waals surface area contributed by atoms with Crippen LogP contribution in [0.4, 0.5) is 30.7 Å². The summed E-state index contributed by atoms with van der Waals surface area (Å²) >= 11 is 0. The van der Waals surface area contributed by atoms with Gasteiger partial charge in [-0.15, -0.1) is 0 Å². The molecule has 1 amide bonds. The lowest BCUT2D eigenvalue weighted by atomic mass is 9.86. The van der Waals surface area contributed by atoms with Crippen LogP contribution in [-0.4, -0.2) is 67.2 Å². The predicted molar refractivity (Wildman–Crippen MR) is 127 cm³/mol. The molecule has 3 heterocycles. The number of amides is 1. The van der Waals surface area contributed by atoms with Crippen molar-refractivity contribution in [3.05, 3.63) is 76.8 Å². The molecule has 4 rings (SSSR count). The first-order valence-electron chi connectivity index (χ1n) is 12.0. The number of piperidine rings is 1. The summed E-state index contributed by atoms with van der Waals surface area (Å²) in [6.07, 6.45) is -4.08. The zero-order valence-corrected chi connectivity index (χ0v) is 21.2. The number of alkyl halides is 5. The van der Waals surface area contributed by atoms with E-state index in [-0.39, 0.29) is 35.8 Å². The van der Waals surface area contributed by atoms with Gasteiger partial charge in [0.05, 0.1) is 31.2 Å². The molecular weight excluding hydrogens is 565 g/mol. The second-order valence-electron chi connectivity index (χ2n) is 9.01. The number of aryl methyl sites for hydroxylation is 1. The highest BCUT2D eigenvalue weighted by molar-refractivity contribution is 6.02. The largest absolute Gasteiger partial charge is 0.451 e. The van der Waals surface area contributed by atoms with Gasteiger partial charge in [-0.3, -0.25) is 4.79 Å². The van der Waals surface area contributed by atoms with E-state index in [1.807, 2.05) is 0 Å². The summed E-state index contributed by atoms with van der Waals surface area (Å²) in [6.45, 7) is -0.758. The number of aliphatic hydroxyl groups excluding tert-OH is 1. The van der Waals surface area contributed by atoms with E-state index in [9.17, 15) is 31.9 Å². The quantitative estimate of drug-likeness (QED) is 0.254. The Hall–Kier alpha value is -4.21. The van der Waals surface area contributed by atoms with Crippen LogP contribution in [0, 0.1) is 18.6 Å². The summed E-state index contributed by atoms with van der Waals surface area (Å²) in [5, 5.41) is 13.5. The summed E-state index contributed by atoms with van der Waals surface area (Å²) in [6, 6.07) is 3.99. The molecule has 1 aromatic carbocycles. The molecule has 0 spiro atoms. The highest BCUT2D eigenvalue weighted by Crippen LogP contribution is 2.41. The summed E-state index contributed by atoms with van der Waals surface area (Å²) in [5.74, 6) is -10.1. The van der Waals surface area contributed by atoms with Crippen LogP contribution in [0.5, 0.6) is 5.88 Å². The first-order valence-corrected chi connectivity index (χ1v) is 12.0. The molecule has 0 aliphatic carbocycles. The van der Waals surface area contributed by atoms with E-state index in [2.05, 4.69) is 25.1 Å². The van der Waals surface area contributed by atoms with Crippen LogP contribution in [-0.2, 0) is 17.4 Å². The van der Waals surface area contributed by atoms with Gasteiger partial charge in [-0.1, -0.05) is 11.2 Å². The fourth-order valence-corrected chi connectivity index (χ4v) is 4.22. The summed E-state index contributed by atoms with van der Waals surface area (Å²) < 4.78 is 97.6. The molecule has 16 heteroatoms. The molecule has 0 radical (unpaired) electrons. The Morgan fingerprint density at radius 2 is 1.88 bits per heavy atom. The minimum atomic E-state index is -4.87.